The second kappa shape index (κ2) is 8.08. The van der Waals surface area contributed by atoms with E-state index in [2.05, 4.69) is 26.1 Å². The molecule has 0 aromatic heterocycles. The van der Waals surface area contributed by atoms with Crippen LogP contribution in [0.2, 0.25) is 0 Å². The Labute approximate surface area is 136 Å². The fraction of sp³-hybridized carbons (Fsp3) is 0.800. The number of ketones is 1. The van der Waals surface area contributed by atoms with Crippen molar-refractivity contribution in [1.82, 2.24) is 0 Å². The van der Waals surface area contributed by atoms with E-state index in [-0.39, 0.29) is 5.41 Å². The van der Waals surface area contributed by atoms with E-state index in [0.717, 1.165) is 19.3 Å². The van der Waals surface area contributed by atoms with Gasteiger partial charge in [0.25, 0.3) is 0 Å². The molecule has 2 aliphatic carbocycles. The summed E-state index contributed by atoms with van der Waals surface area (Å²) < 4.78 is 0. The molecule has 0 heterocycles. The molecule has 0 aliphatic heterocycles. The van der Waals surface area contributed by atoms with Crippen LogP contribution in [0.15, 0.2) is 16.6 Å². The molecule has 22 heavy (non-hydrogen) atoms. The summed E-state index contributed by atoms with van der Waals surface area (Å²) in [4.78, 5) is 16.8. The topological polar surface area (TPSA) is 29.4 Å². The second-order valence-electron chi connectivity index (χ2n) is 7.56. The molecule has 2 unspecified atom stereocenters. The van der Waals surface area contributed by atoms with Gasteiger partial charge in [0, 0.05) is 30.5 Å². The Hall–Kier alpha value is -0.920. The van der Waals surface area contributed by atoms with Crippen LogP contribution >= 0.6 is 0 Å². The average Bonchev–Trinajstić information content (AvgIpc) is 2.54. The van der Waals surface area contributed by atoms with E-state index in [1.54, 1.807) is 0 Å². The molecule has 0 bridgehead atoms. The van der Waals surface area contributed by atoms with Crippen molar-refractivity contribution in [3.8, 4) is 0 Å². The molecule has 0 saturated heterocycles. The van der Waals surface area contributed by atoms with E-state index in [9.17, 15) is 4.79 Å². The summed E-state index contributed by atoms with van der Waals surface area (Å²) in [6, 6.07) is 0.534. The smallest absolute Gasteiger partial charge is 0.132 e. The Bertz CT molecular complexity index is 431. The minimum atomic E-state index is 0.113. The number of nitrogens with zero attached hydrogens (tertiary/aromatic N) is 1. The number of rotatable bonds is 6. The maximum atomic E-state index is 11.8. The predicted octanol–water partition coefficient (Wildman–Crippen LogP) is 5.51. The largest absolute Gasteiger partial charge is 0.300 e. The van der Waals surface area contributed by atoms with E-state index in [0.29, 0.717) is 30.6 Å². The maximum absolute atomic E-state index is 11.8. The first-order valence-corrected chi connectivity index (χ1v) is 9.27. The number of carbonyl (C=O) groups excluding carboxylic acids is 1. The van der Waals surface area contributed by atoms with Crippen LogP contribution in [0.1, 0.15) is 85.0 Å². The van der Waals surface area contributed by atoms with Gasteiger partial charge in [0.15, 0.2) is 0 Å². The molecule has 2 nitrogen and oxygen atoms in total. The van der Waals surface area contributed by atoms with Gasteiger partial charge >= 0.3 is 0 Å². The molecule has 0 aromatic carbocycles. The van der Waals surface area contributed by atoms with Crippen LogP contribution in [-0.2, 0) is 4.79 Å². The molecule has 0 radical (unpaired) electrons. The highest BCUT2D eigenvalue weighted by molar-refractivity contribution is 5.79. The highest BCUT2D eigenvalue weighted by Gasteiger charge is 2.36. The van der Waals surface area contributed by atoms with Gasteiger partial charge in [-0.2, -0.15) is 0 Å². The van der Waals surface area contributed by atoms with Gasteiger partial charge in [-0.1, -0.05) is 44.8 Å². The van der Waals surface area contributed by atoms with Crippen molar-refractivity contribution in [2.24, 2.45) is 16.3 Å². The first-order chi connectivity index (χ1) is 10.6. The monoisotopic (exact) mass is 303 g/mol. The summed E-state index contributed by atoms with van der Waals surface area (Å²) in [5.74, 6) is 0.985. The van der Waals surface area contributed by atoms with Crippen LogP contribution in [0.3, 0.4) is 0 Å². The summed E-state index contributed by atoms with van der Waals surface area (Å²) in [6.45, 7) is 6.55. The molecule has 0 N–H and O–H groups in total. The van der Waals surface area contributed by atoms with Crippen molar-refractivity contribution in [2.45, 2.75) is 91.0 Å². The third-order valence-electron chi connectivity index (χ3n) is 5.82. The number of hydrogen-bond acceptors (Lipinski definition) is 2. The van der Waals surface area contributed by atoms with Gasteiger partial charge in [0.1, 0.15) is 5.78 Å². The summed E-state index contributed by atoms with van der Waals surface area (Å²) in [5, 5.41) is 0. The lowest BCUT2D eigenvalue weighted by molar-refractivity contribution is -0.119. The van der Waals surface area contributed by atoms with Gasteiger partial charge in [-0.3, -0.25) is 9.79 Å². The maximum Gasteiger partial charge on any atom is 0.132 e. The van der Waals surface area contributed by atoms with Gasteiger partial charge in [0.05, 0.1) is 0 Å². The van der Waals surface area contributed by atoms with E-state index < -0.39 is 0 Å². The Morgan fingerprint density at radius 3 is 2.73 bits per heavy atom. The standard InChI is InChI=1S/C20H33NO/c1-4-19(22)11-13-20(12-10-16(2)14-17(20)3)15-21-18-8-6-5-7-9-18/h10,15,17-18H,4-9,11-14H2,1-3H3. The zero-order valence-electron chi connectivity index (χ0n) is 14.7. The third-order valence-corrected chi connectivity index (χ3v) is 5.82. The minimum absolute atomic E-state index is 0.113. The molecule has 2 heteroatoms. The van der Waals surface area contributed by atoms with E-state index >= 15 is 0 Å². The second-order valence-corrected chi connectivity index (χ2v) is 7.56. The SMILES string of the molecule is CCC(=O)CCC1(C=NC2CCCCC2)CC=C(C)CC1C. The average molecular weight is 303 g/mol. The van der Waals surface area contributed by atoms with Gasteiger partial charge in [0.2, 0.25) is 0 Å². The fourth-order valence-corrected chi connectivity index (χ4v) is 3.96. The first-order valence-electron chi connectivity index (χ1n) is 9.27. The number of carbonyl (C=O) groups is 1. The summed E-state index contributed by atoms with van der Waals surface area (Å²) >= 11 is 0. The summed E-state index contributed by atoms with van der Waals surface area (Å²) in [7, 11) is 0. The number of allylic oxidation sites excluding steroid dienone is 2. The number of hydrogen-bond donors (Lipinski definition) is 0. The molecular weight excluding hydrogens is 270 g/mol. The van der Waals surface area contributed by atoms with Crippen molar-refractivity contribution in [2.75, 3.05) is 0 Å². The Kier molecular flexibility index (Phi) is 6.40. The van der Waals surface area contributed by atoms with Gasteiger partial charge in [-0.15, -0.1) is 0 Å². The molecule has 2 rings (SSSR count). The van der Waals surface area contributed by atoms with Crippen LogP contribution in [0.25, 0.3) is 0 Å². The molecule has 1 saturated carbocycles. The highest BCUT2D eigenvalue weighted by atomic mass is 16.1. The Morgan fingerprint density at radius 2 is 2.09 bits per heavy atom. The zero-order chi connectivity index (χ0) is 16.0. The lowest BCUT2D eigenvalue weighted by atomic mass is 9.66. The Morgan fingerprint density at radius 1 is 1.36 bits per heavy atom. The summed E-state index contributed by atoms with van der Waals surface area (Å²) in [5.41, 5.74) is 1.61. The van der Waals surface area contributed by atoms with Crippen LogP contribution < -0.4 is 0 Å². The normalized spacial score (nSPS) is 30.5. The van der Waals surface area contributed by atoms with Crippen molar-refractivity contribution in [3.63, 3.8) is 0 Å². The predicted molar refractivity (Wildman–Crippen MR) is 94.5 cm³/mol. The van der Waals surface area contributed by atoms with Crippen LogP contribution in [0, 0.1) is 11.3 Å². The van der Waals surface area contributed by atoms with Crippen molar-refractivity contribution in [3.05, 3.63) is 11.6 Å². The van der Waals surface area contributed by atoms with Crippen molar-refractivity contribution in [1.29, 1.82) is 0 Å². The molecule has 1 fully saturated rings. The van der Waals surface area contributed by atoms with E-state index in [1.807, 2.05) is 6.92 Å². The molecular formula is C20H33NO. The fourth-order valence-electron chi connectivity index (χ4n) is 3.96. The molecule has 0 aromatic rings. The van der Waals surface area contributed by atoms with Crippen molar-refractivity contribution >= 4 is 12.0 Å². The third kappa shape index (κ3) is 4.54. The first kappa shape index (κ1) is 17.4. The summed E-state index contributed by atoms with van der Waals surface area (Å²) in [6.07, 6.45) is 15.8. The van der Waals surface area contributed by atoms with Gasteiger partial charge < -0.3 is 0 Å². The Balaban J connectivity index is 2.10. The van der Waals surface area contributed by atoms with Crippen LogP contribution in [-0.4, -0.2) is 18.0 Å². The van der Waals surface area contributed by atoms with Crippen LogP contribution in [0.5, 0.6) is 0 Å². The molecule has 2 aliphatic rings. The lowest BCUT2D eigenvalue weighted by Crippen LogP contribution is -2.34. The van der Waals surface area contributed by atoms with Crippen LogP contribution in [0.4, 0.5) is 0 Å². The van der Waals surface area contributed by atoms with Gasteiger partial charge in [-0.25, -0.2) is 0 Å². The number of aliphatic imine (C=N–C) groups is 1. The van der Waals surface area contributed by atoms with E-state index in [4.69, 9.17) is 4.99 Å². The minimum Gasteiger partial charge on any atom is -0.300 e. The molecule has 0 amide bonds. The van der Waals surface area contributed by atoms with E-state index in [1.165, 1.54) is 37.7 Å². The zero-order valence-corrected chi connectivity index (χ0v) is 14.7. The molecule has 124 valence electrons. The highest BCUT2D eigenvalue weighted by Crippen LogP contribution is 2.43. The van der Waals surface area contributed by atoms with Gasteiger partial charge in [-0.05, 0) is 44.9 Å². The lowest BCUT2D eigenvalue weighted by Gasteiger charge is -2.39. The molecule has 2 atom stereocenters. The van der Waals surface area contributed by atoms with Crippen molar-refractivity contribution < 1.29 is 4.79 Å². The number of Topliss-reactive ketones (excluding diaryl/α,β-unsaturated/α-hetero) is 1. The molecule has 0 spiro atoms. The quantitative estimate of drug-likeness (QED) is 0.470.